The number of ether oxygens (including phenoxy) is 2. The Morgan fingerprint density at radius 3 is 2.57 bits per heavy atom. The molecule has 0 aliphatic heterocycles. The van der Waals surface area contributed by atoms with E-state index in [0.717, 1.165) is 16.3 Å². The molecule has 0 saturated carbocycles. The quantitative estimate of drug-likeness (QED) is 0.729. The van der Waals surface area contributed by atoms with Gasteiger partial charge in [-0.15, -0.1) is 11.3 Å². The molecule has 0 atom stereocenters. The lowest BCUT2D eigenvalue weighted by Gasteiger charge is -2.19. The molecule has 0 N–H and O–H groups in total. The van der Waals surface area contributed by atoms with Crippen molar-refractivity contribution in [3.63, 3.8) is 0 Å². The van der Waals surface area contributed by atoms with E-state index < -0.39 is 0 Å². The minimum atomic E-state index is -0.0537. The average molecular weight is 334 g/mol. The molecule has 2 rings (SSSR count). The number of aromatic nitrogens is 1. The number of thiazole rings is 1. The summed E-state index contributed by atoms with van der Waals surface area (Å²) in [7, 11) is 3.43. The number of benzene rings is 1. The predicted molar refractivity (Wildman–Crippen MR) is 92.2 cm³/mol. The van der Waals surface area contributed by atoms with Crippen LogP contribution in [0.4, 0.5) is 0 Å². The van der Waals surface area contributed by atoms with Gasteiger partial charge in [0, 0.05) is 31.1 Å². The van der Waals surface area contributed by atoms with E-state index in [0.29, 0.717) is 18.9 Å². The summed E-state index contributed by atoms with van der Waals surface area (Å²) in [5.74, 6) is 0.736. The summed E-state index contributed by atoms with van der Waals surface area (Å²) < 4.78 is 10.5. The lowest BCUT2D eigenvalue weighted by molar-refractivity contribution is 0.0750. The SMILES string of the molecule is COCCOc1ccc(-c2nc(C(=O)N(C)C(C)C)cs2)cc1. The average Bonchev–Trinajstić information content (AvgIpc) is 3.04. The van der Waals surface area contributed by atoms with Crippen molar-refractivity contribution in [1.82, 2.24) is 9.88 Å². The molecule has 0 aliphatic rings. The Labute approximate surface area is 140 Å². The van der Waals surface area contributed by atoms with Crippen molar-refractivity contribution in [2.75, 3.05) is 27.4 Å². The third-order valence-electron chi connectivity index (χ3n) is 3.48. The summed E-state index contributed by atoms with van der Waals surface area (Å²) in [5, 5.41) is 2.63. The van der Waals surface area contributed by atoms with Crippen LogP contribution in [0.3, 0.4) is 0 Å². The Bertz CT molecular complexity index is 638. The first-order valence-corrected chi connectivity index (χ1v) is 8.35. The highest BCUT2D eigenvalue weighted by Gasteiger charge is 2.17. The van der Waals surface area contributed by atoms with Crippen molar-refractivity contribution in [2.45, 2.75) is 19.9 Å². The zero-order chi connectivity index (χ0) is 16.8. The van der Waals surface area contributed by atoms with Crippen molar-refractivity contribution < 1.29 is 14.3 Å². The van der Waals surface area contributed by atoms with E-state index in [1.165, 1.54) is 11.3 Å². The molecule has 0 bridgehead atoms. The summed E-state index contributed by atoms with van der Waals surface area (Å²) in [6, 6.07) is 7.83. The first-order valence-electron chi connectivity index (χ1n) is 7.47. The largest absolute Gasteiger partial charge is 0.491 e. The number of carbonyl (C=O) groups is 1. The minimum absolute atomic E-state index is 0.0537. The normalized spacial score (nSPS) is 10.8. The van der Waals surface area contributed by atoms with Crippen LogP contribution in [0.1, 0.15) is 24.3 Å². The smallest absolute Gasteiger partial charge is 0.273 e. The van der Waals surface area contributed by atoms with E-state index in [2.05, 4.69) is 4.98 Å². The highest BCUT2D eigenvalue weighted by atomic mass is 32.1. The molecule has 0 fully saturated rings. The van der Waals surface area contributed by atoms with Crippen LogP contribution in [-0.4, -0.2) is 49.2 Å². The van der Waals surface area contributed by atoms with Gasteiger partial charge in [-0.25, -0.2) is 4.98 Å². The maximum atomic E-state index is 12.3. The second kappa shape index (κ2) is 8.08. The fraction of sp³-hybridized carbons (Fsp3) is 0.412. The molecule has 5 nitrogen and oxygen atoms in total. The number of nitrogens with zero attached hydrogens (tertiary/aromatic N) is 2. The molecule has 0 radical (unpaired) electrons. The van der Waals surface area contributed by atoms with Gasteiger partial charge in [-0.3, -0.25) is 4.79 Å². The van der Waals surface area contributed by atoms with Crippen molar-refractivity contribution in [3.8, 4) is 16.3 Å². The number of methoxy groups -OCH3 is 1. The highest BCUT2D eigenvalue weighted by Crippen LogP contribution is 2.26. The van der Waals surface area contributed by atoms with E-state index in [4.69, 9.17) is 9.47 Å². The maximum Gasteiger partial charge on any atom is 0.273 e. The second-order valence-electron chi connectivity index (χ2n) is 5.41. The van der Waals surface area contributed by atoms with Crippen molar-refractivity contribution in [3.05, 3.63) is 35.3 Å². The topological polar surface area (TPSA) is 51.7 Å². The molecule has 23 heavy (non-hydrogen) atoms. The Morgan fingerprint density at radius 2 is 1.96 bits per heavy atom. The van der Waals surface area contributed by atoms with Gasteiger partial charge in [0.05, 0.1) is 6.61 Å². The second-order valence-corrected chi connectivity index (χ2v) is 6.27. The Kier molecular flexibility index (Phi) is 6.12. The van der Waals surface area contributed by atoms with E-state index in [9.17, 15) is 4.79 Å². The van der Waals surface area contributed by atoms with E-state index in [1.807, 2.05) is 38.1 Å². The summed E-state index contributed by atoms with van der Waals surface area (Å²) in [4.78, 5) is 18.4. The van der Waals surface area contributed by atoms with Crippen molar-refractivity contribution in [2.24, 2.45) is 0 Å². The van der Waals surface area contributed by atoms with Gasteiger partial charge in [0.25, 0.3) is 5.91 Å². The van der Waals surface area contributed by atoms with Crippen molar-refractivity contribution in [1.29, 1.82) is 0 Å². The molecule has 2 aromatic rings. The summed E-state index contributed by atoms with van der Waals surface area (Å²) >= 11 is 1.47. The predicted octanol–water partition coefficient (Wildman–Crippen LogP) is 3.32. The van der Waals surface area contributed by atoms with Crippen LogP contribution >= 0.6 is 11.3 Å². The summed E-state index contributed by atoms with van der Waals surface area (Å²) in [6.45, 7) is 5.04. The zero-order valence-electron chi connectivity index (χ0n) is 13.9. The zero-order valence-corrected chi connectivity index (χ0v) is 14.7. The first kappa shape index (κ1) is 17.4. The molecule has 0 spiro atoms. The molecule has 0 saturated heterocycles. The number of hydrogen-bond acceptors (Lipinski definition) is 5. The standard InChI is InChI=1S/C17H22N2O3S/c1-12(2)19(3)17(20)15-11-23-16(18-15)13-5-7-14(8-6-13)22-10-9-21-4/h5-8,11-12H,9-10H2,1-4H3. The number of amides is 1. The van der Waals surface area contributed by atoms with Gasteiger partial charge in [0.1, 0.15) is 23.1 Å². The molecular formula is C17H22N2O3S. The van der Waals surface area contributed by atoms with Gasteiger partial charge in [0.2, 0.25) is 0 Å². The number of hydrogen-bond donors (Lipinski definition) is 0. The van der Waals surface area contributed by atoms with Crippen LogP contribution in [-0.2, 0) is 4.74 Å². The van der Waals surface area contributed by atoms with Gasteiger partial charge >= 0.3 is 0 Å². The molecule has 1 amide bonds. The van der Waals surface area contributed by atoms with Gasteiger partial charge in [-0.05, 0) is 38.1 Å². The molecule has 1 heterocycles. The molecule has 6 heteroatoms. The molecule has 0 aliphatic carbocycles. The third kappa shape index (κ3) is 4.53. The van der Waals surface area contributed by atoms with Crippen LogP contribution in [0.2, 0.25) is 0 Å². The van der Waals surface area contributed by atoms with Gasteiger partial charge in [-0.2, -0.15) is 0 Å². The maximum absolute atomic E-state index is 12.3. The summed E-state index contributed by atoms with van der Waals surface area (Å²) in [6.07, 6.45) is 0. The Balaban J connectivity index is 2.07. The number of carbonyl (C=O) groups excluding carboxylic acids is 1. The van der Waals surface area contributed by atoms with Crippen LogP contribution in [0, 0.1) is 0 Å². The van der Waals surface area contributed by atoms with Crippen LogP contribution < -0.4 is 4.74 Å². The Morgan fingerprint density at radius 1 is 1.26 bits per heavy atom. The molecule has 1 aromatic heterocycles. The number of rotatable bonds is 7. The lowest BCUT2D eigenvalue weighted by atomic mass is 10.2. The fourth-order valence-electron chi connectivity index (χ4n) is 1.86. The monoisotopic (exact) mass is 334 g/mol. The van der Waals surface area contributed by atoms with E-state index in [1.54, 1.807) is 24.4 Å². The van der Waals surface area contributed by atoms with Gasteiger partial charge in [-0.1, -0.05) is 0 Å². The summed E-state index contributed by atoms with van der Waals surface area (Å²) in [5.41, 5.74) is 1.46. The van der Waals surface area contributed by atoms with Crippen LogP contribution in [0.5, 0.6) is 5.75 Å². The van der Waals surface area contributed by atoms with Crippen molar-refractivity contribution >= 4 is 17.2 Å². The molecule has 124 valence electrons. The molecule has 0 unspecified atom stereocenters. The highest BCUT2D eigenvalue weighted by molar-refractivity contribution is 7.13. The third-order valence-corrected chi connectivity index (χ3v) is 4.37. The fourth-order valence-corrected chi connectivity index (χ4v) is 2.66. The van der Waals surface area contributed by atoms with E-state index in [-0.39, 0.29) is 11.9 Å². The van der Waals surface area contributed by atoms with Crippen LogP contribution in [0.15, 0.2) is 29.6 Å². The first-order chi connectivity index (χ1) is 11.0. The molecule has 1 aromatic carbocycles. The van der Waals surface area contributed by atoms with Crippen LogP contribution in [0.25, 0.3) is 10.6 Å². The Hall–Kier alpha value is -1.92. The van der Waals surface area contributed by atoms with E-state index >= 15 is 0 Å². The molecular weight excluding hydrogens is 312 g/mol. The van der Waals surface area contributed by atoms with Gasteiger partial charge < -0.3 is 14.4 Å². The minimum Gasteiger partial charge on any atom is -0.491 e. The lowest BCUT2D eigenvalue weighted by Crippen LogP contribution is -2.33. The van der Waals surface area contributed by atoms with Gasteiger partial charge in [0.15, 0.2) is 0 Å².